The van der Waals surface area contributed by atoms with E-state index >= 15 is 0 Å². The van der Waals surface area contributed by atoms with Gasteiger partial charge in [0.05, 0.1) is 0 Å². The van der Waals surface area contributed by atoms with Crippen LogP contribution < -0.4 is 4.90 Å². The third-order valence-corrected chi connectivity index (χ3v) is 6.10. The fourth-order valence-corrected chi connectivity index (χ4v) is 4.42. The highest BCUT2D eigenvalue weighted by molar-refractivity contribution is 5.95. The Morgan fingerprint density at radius 1 is 1.23 bits per heavy atom. The number of amides is 2. The van der Waals surface area contributed by atoms with Gasteiger partial charge in [0.1, 0.15) is 18.2 Å². The number of likely N-dealkylation sites (tertiary alicyclic amines) is 1. The molecule has 0 bridgehead atoms. The Bertz CT molecular complexity index is 975. The van der Waals surface area contributed by atoms with Gasteiger partial charge in [-0.25, -0.2) is 9.97 Å². The second kappa shape index (κ2) is 8.52. The van der Waals surface area contributed by atoms with Crippen LogP contribution >= 0.6 is 0 Å². The molecular weight excluding hydrogens is 380 g/mol. The van der Waals surface area contributed by atoms with Crippen molar-refractivity contribution in [2.75, 3.05) is 31.1 Å². The average Bonchev–Trinajstić information content (AvgIpc) is 3.22. The summed E-state index contributed by atoms with van der Waals surface area (Å²) in [4.78, 5) is 37.6. The van der Waals surface area contributed by atoms with Gasteiger partial charge in [0.15, 0.2) is 0 Å². The Labute approximate surface area is 176 Å². The van der Waals surface area contributed by atoms with Crippen molar-refractivity contribution in [3.8, 4) is 0 Å². The van der Waals surface area contributed by atoms with E-state index in [4.69, 9.17) is 15.1 Å². The van der Waals surface area contributed by atoms with E-state index in [0.717, 1.165) is 29.9 Å². The van der Waals surface area contributed by atoms with E-state index in [1.165, 1.54) is 11.1 Å². The van der Waals surface area contributed by atoms with Crippen molar-refractivity contribution in [3.05, 3.63) is 52.5 Å². The largest absolute Gasteiger partial charge is 0.387 e. The number of hydrogen-bond acceptors (Lipinski definition) is 5. The smallest absolute Gasteiger partial charge is 0.248 e. The van der Waals surface area contributed by atoms with Crippen LogP contribution in [0.2, 0.25) is 0 Å². The minimum Gasteiger partial charge on any atom is -0.387 e. The molecule has 1 aromatic heterocycles. The first kappa shape index (κ1) is 20.5. The number of rotatable bonds is 5. The van der Waals surface area contributed by atoms with Crippen LogP contribution in [0.4, 0.5) is 5.82 Å². The third-order valence-electron chi connectivity index (χ3n) is 6.10. The van der Waals surface area contributed by atoms with Gasteiger partial charge in [0.25, 0.3) is 0 Å². The highest BCUT2D eigenvalue weighted by Gasteiger charge is 2.32. The SMILES string of the molecule is Cc1cccc(CCN2C(=O)CCc3c(C)nc([C@@H]4CCN(C(=O)CO)C4)nc32)c1. The van der Waals surface area contributed by atoms with E-state index < -0.39 is 6.61 Å². The summed E-state index contributed by atoms with van der Waals surface area (Å²) in [5, 5.41) is 9.12. The van der Waals surface area contributed by atoms with Crippen LogP contribution in [0.5, 0.6) is 0 Å². The molecule has 30 heavy (non-hydrogen) atoms. The van der Waals surface area contributed by atoms with Crippen LogP contribution in [0.1, 0.15) is 47.0 Å². The van der Waals surface area contributed by atoms with Crippen molar-refractivity contribution in [1.82, 2.24) is 14.9 Å². The Balaban J connectivity index is 1.58. The summed E-state index contributed by atoms with van der Waals surface area (Å²) in [6, 6.07) is 8.35. The molecule has 0 aliphatic carbocycles. The van der Waals surface area contributed by atoms with Gasteiger partial charge in [-0.2, -0.15) is 0 Å². The number of hydrogen-bond donors (Lipinski definition) is 1. The number of nitrogens with zero attached hydrogens (tertiary/aromatic N) is 4. The van der Waals surface area contributed by atoms with Crippen LogP contribution in [0.25, 0.3) is 0 Å². The zero-order valence-electron chi connectivity index (χ0n) is 17.6. The maximum Gasteiger partial charge on any atom is 0.248 e. The molecule has 1 aromatic carbocycles. The normalized spacial score (nSPS) is 18.6. The molecule has 2 aromatic rings. The van der Waals surface area contributed by atoms with Gasteiger partial charge in [-0.1, -0.05) is 29.8 Å². The lowest BCUT2D eigenvalue weighted by Crippen LogP contribution is -2.38. The number of fused-ring (bicyclic) bond motifs is 1. The molecule has 2 amide bonds. The predicted molar refractivity (Wildman–Crippen MR) is 113 cm³/mol. The number of aryl methyl sites for hydroxylation is 2. The summed E-state index contributed by atoms with van der Waals surface area (Å²) in [6.07, 6.45) is 2.68. The number of carbonyl (C=O) groups excluding carboxylic acids is 2. The number of aliphatic hydroxyl groups is 1. The topological polar surface area (TPSA) is 86.6 Å². The quantitative estimate of drug-likeness (QED) is 0.817. The van der Waals surface area contributed by atoms with Crippen LogP contribution in [0.15, 0.2) is 24.3 Å². The molecule has 1 N–H and O–H groups in total. The molecule has 2 aliphatic rings. The molecule has 0 radical (unpaired) electrons. The summed E-state index contributed by atoms with van der Waals surface area (Å²) >= 11 is 0. The first-order valence-electron chi connectivity index (χ1n) is 10.6. The minimum atomic E-state index is -0.474. The number of aliphatic hydroxyl groups excluding tert-OH is 1. The molecule has 7 heteroatoms. The monoisotopic (exact) mass is 408 g/mol. The molecule has 0 saturated carbocycles. The fourth-order valence-electron chi connectivity index (χ4n) is 4.42. The van der Waals surface area contributed by atoms with E-state index in [2.05, 4.69) is 25.1 Å². The van der Waals surface area contributed by atoms with Gasteiger partial charge in [-0.05, 0) is 38.7 Å². The Morgan fingerprint density at radius 3 is 2.83 bits per heavy atom. The molecular formula is C23H28N4O3. The van der Waals surface area contributed by atoms with Gasteiger partial charge >= 0.3 is 0 Å². The molecule has 3 heterocycles. The van der Waals surface area contributed by atoms with Crippen molar-refractivity contribution < 1.29 is 14.7 Å². The molecule has 1 atom stereocenters. The molecule has 0 unspecified atom stereocenters. The van der Waals surface area contributed by atoms with E-state index in [-0.39, 0.29) is 17.7 Å². The molecule has 2 aliphatic heterocycles. The van der Waals surface area contributed by atoms with E-state index in [0.29, 0.717) is 38.3 Å². The number of anilines is 1. The maximum atomic E-state index is 12.8. The van der Waals surface area contributed by atoms with E-state index in [1.807, 2.05) is 17.9 Å². The summed E-state index contributed by atoms with van der Waals surface area (Å²) in [6.45, 7) is 5.27. The van der Waals surface area contributed by atoms with Crippen molar-refractivity contribution >= 4 is 17.6 Å². The second-order valence-corrected chi connectivity index (χ2v) is 8.24. The summed E-state index contributed by atoms with van der Waals surface area (Å²) in [5.41, 5.74) is 4.37. The minimum absolute atomic E-state index is 0.0279. The van der Waals surface area contributed by atoms with Crippen molar-refractivity contribution in [1.29, 1.82) is 0 Å². The predicted octanol–water partition coefficient (Wildman–Crippen LogP) is 1.92. The Kier molecular flexibility index (Phi) is 5.81. The second-order valence-electron chi connectivity index (χ2n) is 8.24. The number of carbonyl (C=O) groups is 2. The Morgan fingerprint density at radius 2 is 2.07 bits per heavy atom. The van der Waals surface area contributed by atoms with Crippen LogP contribution in [0.3, 0.4) is 0 Å². The van der Waals surface area contributed by atoms with Crippen LogP contribution in [-0.2, 0) is 22.4 Å². The van der Waals surface area contributed by atoms with Crippen LogP contribution in [-0.4, -0.2) is 58.0 Å². The molecule has 158 valence electrons. The summed E-state index contributed by atoms with van der Waals surface area (Å²) in [7, 11) is 0. The third kappa shape index (κ3) is 4.07. The standard InChI is InChI=1S/C23H28N4O3/c1-15-4-3-5-17(12-15)8-11-27-20(29)7-6-19-16(2)24-22(25-23(19)27)18-9-10-26(13-18)21(30)14-28/h3-5,12,18,28H,6-11,13-14H2,1-2H3/t18-/m1/s1. The van der Waals surface area contributed by atoms with Gasteiger partial charge in [-0.3, -0.25) is 14.5 Å². The van der Waals surface area contributed by atoms with Crippen molar-refractivity contribution in [3.63, 3.8) is 0 Å². The fraction of sp³-hybridized carbons (Fsp3) is 0.478. The molecule has 4 rings (SSSR count). The molecule has 1 fully saturated rings. The van der Waals surface area contributed by atoms with Gasteiger partial charge in [0, 0.05) is 43.2 Å². The highest BCUT2D eigenvalue weighted by atomic mass is 16.3. The Hall–Kier alpha value is -2.80. The first-order chi connectivity index (χ1) is 14.5. The zero-order chi connectivity index (χ0) is 21.3. The first-order valence-corrected chi connectivity index (χ1v) is 10.6. The lowest BCUT2D eigenvalue weighted by atomic mass is 10.0. The van der Waals surface area contributed by atoms with Crippen LogP contribution in [0, 0.1) is 13.8 Å². The van der Waals surface area contributed by atoms with Gasteiger partial charge < -0.3 is 10.0 Å². The zero-order valence-corrected chi connectivity index (χ0v) is 17.6. The van der Waals surface area contributed by atoms with E-state index in [1.54, 1.807) is 4.90 Å². The van der Waals surface area contributed by atoms with E-state index in [9.17, 15) is 9.59 Å². The summed E-state index contributed by atoms with van der Waals surface area (Å²) in [5.74, 6) is 1.29. The maximum absolute atomic E-state index is 12.8. The summed E-state index contributed by atoms with van der Waals surface area (Å²) < 4.78 is 0. The molecule has 1 saturated heterocycles. The van der Waals surface area contributed by atoms with Crippen molar-refractivity contribution in [2.24, 2.45) is 0 Å². The van der Waals surface area contributed by atoms with Gasteiger partial charge in [0.2, 0.25) is 11.8 Å². The lowest BCUT2D eigenvalue weighted by Gasteiger charge is -2.30. The molecule has 0 spiro atoms. The number of aromatic nitrogens is 2. The number of benzene rings is 1. The van der Waals surface area contributed by atoms with Crippen molar-refractivity contribution in [2.45, 2.75) is 45.4 Å². The van der Waals surface area contributed by atoms with Gasteiger partial charge in [-0.15, -0.1) is 0 Å². The lowest BCUT2D eigenvalue weighted by molar-refractivity contribution is -0.133. The average molecular weight is 409 g/mol. The molecule has 7 nitrogen and oxygen atoms in total. The highest BCUT2D eigenvalue weighted by Crippen LogP contribution is 2.32.